The van der Waals surface area contributed by atoms with Gasteiger partial charge in [-0.15, -0.1) is 11.3 Å². The fourth-order valence-electron chi connectivity index (χ4n) is 3.14. The highest BCUT2D eigenvalue weighted by molar-refractivity contribution is 7.98. The predicted octanol–water partition coefficient (Wildman–Crippen LogP) is 2.55. The summed E-state index contributed by atoms with van der Waals surface area (Å²) in [7, 11) is 0. The number of amides is 1. The van der Waals surface area contributed by atoms with Crippen LogP contribution in [0.25, 0.3) is 10.2 Å². The Bertz CT molecular complexity index is 922. The highest BCUT2D eigenvalue weighted by Crippen LogP contribution is 2.34. The average Bonchev–Trinajstić information content (AvgIpc) is 3.23. The van der Waals surface area contributed by atoms with Gasteiger partial charge in [-0.05, 0) is 38.2 Å². The molecule has 0 saturated carbocycles. The number of thioether (sulfide) groups is 1. The largest absolute Gasteiger partial charge is 0.453 e. The predicted molar refractivity (Wildman–Crippen MR) is 112 cm³/mol. The fraction of sp³-hybridized carbons (Fsp3) is 0.579. The minimum absolute atomic E-state index is 0.0636. The van der Waals surface area contributed by atoms with Gasteiger partial charge < -0.3 is 15.0 Å². The van der Waals surface area contributed by atoms with E-state index in [0.29, 0.717) is 23.9 Å². The molecule has 2 aromatic rings. The van der Waals surface area contributed by atoms with Crippen molar-refractivity contribution in [1.82, 2.24) is 15.3 Å². The van der Waals surface area contributed by atoms with Crippen LogP contribution in [0.2, 0.25) is 0 Å². The molecule has 0 radical (unpaired) electrons. The highest BCUT2D eigenvalue weighted by Gasteiger charge is 2.21. The summed E-state index contributed by atoms with van der Waals surface area (Å²) >= 11 is 3.12. The molecule has 0 aromatic carbocycles. The normalized spacial score (nSPS) is 14.1. The smallest absolute Gasteiger partial charge is 0.307 e. The monoisotopic (exact) mass is 423 g/mol. The third-order valence-corrected chi connectivity index (χ3v) is 6.70. The zero-order chi connectivity index (χ0) is 20.1. The number of carbonyl (C=O) groups excluding carboxylic acids is 2. The summed E-state index contributed by atoms with van der Waals surface area (Å²) < 4.78 is 5.14. The van der Waals surface area contributed by atoms with E-state index in [4.69, 9.17) is 4.74 Å². The Balaban J connectivity index is 1.46. The second-order valence-corrected chi connectivity index (χ2v) is 8.96. The molecule has 152 valence electrons. The van der Waals surface area contributed by atoms with E-state index in [1.807, 2.05) is 6.92 Å². The third kappa shape index (κ3) is 4.94. The third-order valence-electron chi connectivity index (χ3n) is 4.54. The van der Waals surface area contributed by atoms with Crippen LogP contribution in [0.3, 0.4) is 0 Å². The molecular weight excluding hydrogens is 398 g/mol. The Morgan fingerprint density at radius 2 is 2.21 bits per heavy atom. The van der Waals surface area contributed by atoms with Gasteiger partial charge in [0.15, 0.2) is 6.10 Å². The van der Waals surface area contributed by atoms with Crippen LogP contribution >= 0.6 is 23.1 Å². The van der Waals surface area contributed by atoms with E-state index in [0.717, 1.165) is 35.9 Å². The number of nitrogens with one attached hydrogen (secondary N) is 2. The lowest BCUT2D eigenvalue weighted by molar-refractivity contribution is -0.154. The number of aryl methyl sites for hydroxylation is 2. The lowest BCUT2D eigenvalue weighted by Crippen LogP contribution is -2.36. The van der Waals surface area contributed by atoms with Crippen LogP contribution in [0.1, 0.15) is 49.4 Å². The van der Waals surface area contributed by atoms with Crippen LogP contribution in [0.5, 0.6) is 0 Å². The summed E-state index contributed by atoms with van der Waals surface area (Å²) in [6.45, 7) is 4.09. The molecule has 1 amide bonds. The van der Waals surface area contributed by atoms with Gasteiger partial charge in [-0.1, -0.05) is 6.92 Å². The first-order chi connectivity index (χ1) is 13.5. The lowest BCUT2D eigenvalue weighted by atomic mass is 10.2. The van der Waals surface area contributed by atoms with E-state index in [9.17, 15) is 14.4 Å². The molecule has 0 aliphatic heterocycles. The van der Waals surface area contributed by atoms with Gasteiger partial charge >= 0.3 is 5.97 Å². The first-order valence-corrected chi connectivity index (χ1v) is 11.5. The molecule has 28 heavy (non-hydrogen) atoms. The van der Waals surface area contributed by atoms with Crippen molar-refractivity contribution in [2.75, 3.05) is 12.3 Å². The average molecular weight is 424 g/mol. The molecule has 0 unspecified atom stereocenters. The number of ether oxygens (including phenoxy) is 1. The summed E-state index contributed by atoms with van der Waals surface area (Å²) in [5, 5.41) is 3.45. The lowest BCUT2D eigenvalue weighted by Gasteiger charge is -2.12. The summed E-state index contributed by atoms with van der Waals surface area (Å²) in [4.78, 5) is 45.5. The topological polar surface area (TPSA) is 101 Å². The SMILES string of the molecule is CCCNC(=O)[C@@H](C)OC(=O)CCSCc1nc2sc3c(c2c(=O)[nH]1)CCC3. The van der Waals surface area contributed by atoms with Gasteiger partial charge in [-0.2, -0.15) is 11.8 Å². The Morgan fingerprint density at radius 1 is 1.39 bits per heavy atom. The maximum Gasteiger partial charge on any atom is 0.307 e. The van der Waals surface area contributed by atoms with Crippen LogP contribution in [-0.4, -0.2) is 40.2 Å². The molecule has 2 heterocycles. The van der Waals surface area contributed by atoms with Gasteiger partial charge in [0.25, 0.3) is 11.5 Å². The van der Waals surface area contributed by atoms with Gasteiger partial charge in [0.1, 0.15) is 10.7 Å². The first kappa shape index (κ1) is 20.9. The highest BCUT2D eigenvalue weighted by atomic mass is 32.2. The zero-order valence-electron chi connectivity index (χ0n) is 16.1. The van der Waals surface area contributed by atoms with Gasteiger partial charge in [-0.3, -0.25) is 14.4 Å². The van der Waals surface area contributed by atoms with Crippen LogP contribution in [0.4, 0.5) is 0 Å². The number of aromatic nitrogens is 2. The molecule has 1 aliphatic rings. The molecule has 0 bridgehead atoms. The maximum absolute atomic E-state index is 12.4. The van der Waals surface area contributed by atoms with Crippen molar-refractivity contribution in [2.24, 2.45) is 0 Å². The van der Waals surface area contributed by atoms with Gasteiger partial charge in [0.05, 0.1) is 17.6 Å². The Kier molecular flexibility index (Phi) is 7.12. The van der Waals surface area contributed by atoms with Crippen molar-refractivity contribution in [1.29, 1.82) is 0 Å². The van der Waals surface area contributed by atoms with E-state index in [1.54, 1.807) is 18.3 Å². The molecule has 1 atom stereocenters. The molecular formula is C19H25N3O4S2. The molecule has 0 fully saturated rings. The minimum Gasteiger partial charge on any atom is -0.453 e. The molecule has 3 rings (SSSR count). The van der Waals surface area contributed by atoms with Crippen molar-refractivity contribution < 1.29 is 14.3 Å². The standard InChI is InChI=1S/C19H25N3O4S2/c1-3-8-20-17(24)11(2)26-15(23)7-9-27-10-14-21-18(25)16-12-5-4-6-13(12)28-19(16)22-14/h11H,3-10H2,1-2H3,(H,20,24)(H,21,22,25)/t11-/m1/s1. The van der Waals surface area contributed by atoms with E-state index in [2.05, 4.69) is 15.3 Å². The number of hydrogen-bond acceptors (Lipinski definition) is 7. The Hall–Kier alpha value is -1.87. The molecule has 9 heteroatoms. The second-order valence-electron chi connectivity index (χ2n) is 6.78. The van der Waals surface area contributed by atoms with E-state index >= 15 is 0 Å². The van der Waals surface area contributed by atoms with Crippen LogP contribution in [-0.2, 0) is 32.9 Å². The number of hydrogen-bond donors (Lipinski definition) is 2. The maximum atomic E-state index is 12.4. The Labute approximate surface area is 171 Å². The van der Waals surface area contributed by atoms with Gasteiger partial charge in [0, 0.05) is 17.2 Å². The summed E-state index contributed by atoms with van der Waals surface area (Å²) in [5.74, 6) is 1.00. The van der Waals surface area contributed by atoms with Crippen molar-refractivity contribution >= 4 is 45.2 Å². The zero-order valence-corrected chi connectivity index (χ0v) is 17.8. The first-order valence-electron chi connectivity index (χ1n) is 9.58. The van der Waals surface area contributed by atoms with Crippen molar-refractivity contribution in [3.05, 3.63) is 26.6 Å². The van der Waals surface area contributed by atoms with Crippen LogP contribution in [0, 0.1) is 0 Å². The quantitative estimate of drug-likeness (QED) is 0.475. The van der Waals surface area contributed by atoms with Crippen LogP contribution < -0.4 is 10.9 Å². The van der Waals surface area contributed by atoms with E-state index in [-0.39, 0.29) is 17.9 Å². The van der Waals surface area contributed by atoms with Gasteiger partial charge in [-0.25, -0.2) is 4.98 Å². The number of fused-ring (bicyclic) bond motifs is 3. The number of esters is 1. The van der Waals surface area contributed by atoms with Gasteiger partial charge in [0.2, 0.25) is 0 Å². The fourth-order valence-corrected chi connectivity index (χ4v) is 5.21. The molecule has 0 saturated heterocycles. The van der Waals surface area contributed by atoms with Crippen LogP contribution in [0.15, 0.2) is 4.79 Å². The van der Waals surface area contributed by atoms with E-state index < -0.39 is 12.1 Å². The Morgan fingerprint density at radius 3 is 3.00 bits per heavy atom. The number of rotatable bonds is 9. The van der Waals surface area contributed by atoms with Crippen molar-refractivity contribution in [2.45, 2.75) is 57.8 Å². The van der Waals surface area contributed by atoms with E-state index in [1.165, 1.54) is 22.2 Å². The van der Waals surface area contributed by atoms with Crippen molar-refractivity contribution in [3.8, 4) is 0 Å². The van der Waals surface area contributed by atoms with Crippen molar-refractivity contribution in [3.63, 3.8) is 0 Å². The second kappa shape index (κ2) is 9.56. The molecule has 2 N–H and O–H groups in total. The number of nitrogens with zero attached hydrogens (tertiary/aromatic N) is 1. The molecule has 7 nitrogen and oxygen atoms in total. The molecule has 0 spiro atoms. The molecule has 2 aromatic heterocycles. The summed E-state index contributed by atoms with van der Waals surface area (Å²) in [5.41, 5.74) is 1.11. The number of thiophene rings is 1. The minimum atomic E-state index is -0.787. The molecule has 1 aliphatic carbocycles. The number of aromatic amines is 1. The number of H-pyrrole nitrogens is 1. The number of carbonyl (C=O) groups is 2. The summed E-state index contributed by atoms with van der Waals surface area (Å²) in [6.07, 6.45) is 3.37. The summed E-state index contributed by atoms with van der Waals surface area (Å²) in [6, 6.07) is 0.